The SMILES string of the molecule is COC(=O)c1cc(OC)c2c(c1)nc(-c1cc3ccc(C(C)=O)cc3n1C(=O)OC(C)(C)C)n2C1CC1. The molecule has 0 unspecified atom stereocenters. The van der Waals surface area contributed by atoms with Gasteiger partial charge in [-0.3, -0.25) is 4.79 Å². The third-order valence-corrected chi connectivity index (χ3v) is 6.32. The van der Waals surface area contributed by atoms with Gasteiger partial charge in [0.25, 0.3) is 0 Å². The first-order valence-electron chi connectivity index (χ1n) is 12.1. The molecule has 0 N–H and O–H groups in total. The summed E-state index contributed by atoms with van der Waals surface area (Å²) in [6, 6.07) is 10.6. The van der Waals surface area contributed by atoms with E-state index < -0.39 is 17.7 Å². The van der Waals surface area contributed by atoms with Crippen molar-refractivity contribution in [2.75, 3.05) is 14.2 Å². The summed E-state index contributed by atoms with van der Waals surface area (Å²) in [5.41, 5.74) is 2.42. The third-order valence-electron chi connectivity index (χ3n) is 6.32. The Kier molecular flexibility index (Phi) is 5.81. The van der Waals surface area contributed by atoms with Crippen molar-refractivity contribution in [2.45, 2.75) is 52.2 Å². The van der Waals surface area contributed by atoms with Crippen molar-refractivity contribution in [2.24, 2.45) is 0 Å². The van der Waals surface area contributed by atoms with Gasteiger partial charge in [0.2, 0.25) is 0 Å². The van der Waals surface area contributed by atoms with Crippen molar-refractivity contribution >= 4 is 39.8 Å². The molecule has 1 aliphatic rings. The van der Waals surface area contributed by atoms with Gasteiger partial charge in [0.1, 0.15) is 16.9 Å². The third kappa shape index (κ3) is 4.34. The van der Waals surface area contributed by atoms with E-state index >= 15 is 0 Å². The molecular formula is C28H29N3O6. The molecule has 2 aromatic carbocycles. The van der Waals surface area contributed by atoms with Crippen molar-refractivity contribution in [1.29, 1.82) is 0 Å². The second-order valence-corrected chi connectivity index (χ2v) is 10.2. The summed E-state index contributed by atoms with van der Waals surface area (Å²) in [6.07, 6.45) is 1.32. The second kappa shape index (κ2) is 8.76. The lowest BCUT2D eigenvalue weighted by Crippen LogP contribution is -2.27. The number of Topliss-reactive ketones (excluding diaryl/α,β-unsaturated/α-hetero) is 1. The molecule has 2 aromatic heterocycles. The second-order valence-electron chi connectivity index (χ2n) is 10.2. The molecule has 0 spiro atoms. The van der Waals surface area contributed by atoms with E-state index in [0.29, 0.717) is 39.4 Å². The number of rotatable bonds is 5. The number of benzene rings is 2. The van der Waals surface area contributed by atoms with Crippen molar-refractivity contribution < 1.29 is 28.6 Å². The Bertz CT molecular complexity index is 1580. The summed E-state index contributed by atoms with van der Waals surface area (Å²) in [5.74, 6) is 0.430. The van der Waals surface area contributed by atoms with Crippen LogP contribution in [-0.4, -0.2) is 51.8 Å². The number of methoxy groups -OCH3 is 2. The van der Waals surface area contributed by atoms with Crippen LogP contribution < -0.4 is 4.74 Å². The molecule has 0 aliphatic heterocycles. The van der Waals surface area contributed by atoms with Crippen LogP contribution in [0.3, 0.4) is 0 Å². The average molecular weight is 504 g/mol. The molecule has 37 heavy (non-hydrogen) atoms. The van der Waals surface area contributed by atoms with E-state index in [2.05, 4.69) is 4.57 Å². The Morgan fingerprint density at radius 1 is 1.00 bits per heavy atom. The Morgan fingerprint density at radius 2 is 1.73 bits per heavy atom. The molecule has 0 saturated heterocycles. The first-order chi connectivity index (χ1) is 17.5. The largest absolute Gasteiger partial charge is 0.494 e. The predicted octanol–water partition coefficient (Wildman–Crippen LogP) is 5.77. The summed E-state index contributed by atoms with van der Waals surface area (Å²) < 4.78 is 19.9. The lowest BCUT2D eigenvalue weighted by Gasteiger charge is -2.21. The molecule has 1 aliphatic carbocycles. The number of imidazole rings is 1. The minimum atomic E-state index is -0.738. The van der Waals surface area contributed by atoms with Gasteiger partial charge in [-0.1, -0.05) is 12.1 Å². The fourth-order valence-electron chi connectivity index (χ4n) is 4.54. The lowest BCUT2D eigenvalue weighted by molar-refractivity contribution is 0.0545. The standard InChI is InChI=1S/C28H29N3O6/c1-15(32)16-7-8-17-13-22(31(21(17)12-16)27(34)37-28(2,3)4)25-29-20-11-18(26(33)36-6)14-23(35-5)24(20)30(25)19-9-10-19/h7-8,11-14,19H,9-10H2,1-6H3. The molecule has 2 heterocycles. The monoisotopic (exact) mass is 503 g/mol. The highest BCUT2D eigenvalue weighted by atomic mass is 16.6. The highest BCUT2D eigenvalue weighted by Crippen LogP contribution is 2.45. The molecule has 5 rings (SSSR count). The maximum absolute atomic E-state index is 13.6. The van der Waals surface area contributed by atoms with Gasteiger partial charge < -0.3 is 18.8 Å². The number of esters is 1. The summed E-state index contributed by atoms with van der Waals surface area (Å²) in [5, 5.41) is 0.766. The number of ketones is 1. The maximum atomic E-state index is 13.6. The number of hydrogen-bond donors (Lipinski definition) is 0. The van der Waals surface area contributed by atoms with E-state index in [9.17, 15) is 14.4 Å². The fraction of sp³-hybridized carbons (Fsp3) is 0.357. The van der Waals surface area contributed by atoms with Gasteiger partial charge in [-0.05, 0) is 64.8 Å². The van der Waals surface area contributed by atoms with Crippen LogP contribution in [0.1, 0.15) is 67.3 Å². The highest BCUT2D eigenvalue weighted by molar-refractivity contribution is 6.03. The number of carbonyl (C=O) groups is 3. The van der Waals surface area contributed by atoms with Crippen LogP contribution in [0.2, 0.25) is 0 Å². The van der Waals surface area contributed by atoms with E-state index in [1.165, 1.54) is 18.6 Å². The van der Waals surface area contributed by atoms with Gasteiger partial charge in [0.15, 0.2) is 11.6 Å². The number of aromatic nitrogens is 3. The molecule has 0 radical (unpaired) electrons. The van der Waals surface area contributed by atoms with E-state index in [1.807, 2.05) is 12.1 Å². The van der Waals surface area contributed by atoms with Crippen LogP contribution in [-0.2, 0) is 9.47 Å². The molecule has 4 aromatic rings. The van der Waals surface area contributed by atoms with Gasteiger partial charge in [-0.2, -0.15) is 0 Å². The zero-order valence-electron chi connectivity index (χ0n) is 21.7. The van der Waals surface area contributed by atoms with E-state index in [4.69, 9.17) is 19.2 Å². The minimum Gasteiger partial charge on any atom is -0.494 e. The van der Waals surface area contributed by atoms with Gasteiger partial charge in [-0.25, -0.2) is 19.1 Å². The minimum absolute atomic E-state index is 0.106. The topological polar surface area (TPSA) is 102 Å². The van der Waals surface area contributed by atoms with Crippen LogP contribution in [0, 0.1) is 0 Å². The highest BCUT2D eigenvalue weighted by Gasteiger charge is 2.33. The fourth-order valence-corrected chi connectivity index (χ4v) is 4.54. The summed E-state index contributed by atoms with van der Waals surface area (Å²) >= 11 is 0. The van der Waals surface area contributed by atoms with Crippen LogP contribution in [0.25, 0.3) is 33.5 Å². The van der Waals surface area contributed by atoms with Crippen molar-refractivity contribution in [1.82, 2.24) is 14.1 Å². The van der Waals surface area contributed by atoms with Crippen molar-refractivity contribution in [3.05, 3.63) is 47.5 Å². The first-order valence-corrected chi connectivity index (χ1v) is 12.1. The molecule has 0 amide bonds. The van der Waals surface area contributed by atoms with Crippen LogP contribution in [0.4, 0.5) is 4.79 Å². The van der Waals surface area contributed by atoms with E-state index in [-0.39, 0.29) is 11.8 Å². The number of carbonyl (C=O) groups excluding carboxylic acids is 3. The van der Waals surface area contributed by atoms with Crippen LogP contribution in [0.5, 0.6) is 5.75 Å². The molecule has 1 fully saturated rings. The lowest BCUT2D eigenvalue weighted by atomic mass is 10.1. The molecule has 1 saturated carbocycles. The molecule has 0 bridgehead atoms. The number of fused-ring (bicyclic) bond motifs is 2. The molecule has 0 atom stereocenters. The smallest absolute Gasteiger partial charge is 0.419 e. The van der Waals surface area contributed by atoms with Gasteiger partial charge in [-0.15, -0.1) is 0 Å². The zero-order valence-corrected chi connectivity index (χ0v) is 21.7. The van der Waals surface area contributed by atoms with Crippen molar-refractivity contribution in [3.8, 4) is 17.3 Å². The van der Waals surface area contributed by atoms with Gasteiger partial charge in [0.05, 0.1) is 36.5 Å². The summed E-state index contributed by atoms with van der Waals surface area (Å²) in [4.78, 5) is 42.9. The summed E-state index contributed by atoms with van der Waals surface area (Å²) in [6.45, 7) is 6.89. The Hall–Kier alpha value is -4.14. The van der Waals surface area contributed by atoms with Gasteiger partial charge in [0, 0.05) is 17.0 Å². The molecule has 192 valence electrons. The maximum Gasteiger partial charge on any atom is 0.419 e. The number of hydrogen-bond acceptors (Lipinski definition) is 7. The van der Waals surface area contributed by atoms with E-state index in [1.54, 1.807) is 52.1 Å². The summed E-state index contributed by atoms with van der Waals surface area (Å²) in [7, 11) is 2.86. The average Bonchev–Trinajstić information content (AvgIpc) is 3.49. The molecule has 9 heteroatoms. The van der Waals surface area contributed by atoms with Crippen molar-refractivity contribution in [3.63, 3.8) is 0 Å². The van der Waals surface area contributed by atoms with Crippen LogP contribution in [0.15, 0.2) is 36.4 Å². The van der Waals surface area contributed by atoms with E-state index in [0.717, 1.165) is 23.7 Å². The predicted molar refractivity (Wildman–Crippen MR) is 138 cm³/mol. The Balaban J connectivity index is 1.83. The number of nitrogens with zero attached hydrogens (tertiary/aromatic N) is 3. The molecular weight excluding hydrogens is 474 g/mol. The molecule has 9 nitrogen and oxygen atoms in total. The normalized spacial score (nSPS) is 13.7. The van der Waals surface area contributed by atoms with Gasteiger partial charge >= 0.3 is 12.1 Å². The first kappa shape index (κ1) is 24.5. The van der Waals surface area contributed by atoms with Crippen LogP contribution >= 0.6 is 0 Å². The Labute approximate surface area is 213 Å². The quantitative estimate of drug-likeness (QED) is 0.251. The zero-order chi connectivity index (χ0) is 26.6. The number of ether oxygens (including phenoxy) is 3. The Morgan fingerprint density at radius 3 is 2.32 bits per heavy atom.